The molecule has 0 unspecified atom stereocenters. The zero-order chi connectivity index (χ0) is 8.34. The second kappa shape index (κ2) is 2.02. The molecule has 0 saturated heterocycles. The maximum absolute atomic E-state index is 13.9. The van der Waals surface area contributed by atoms with Crippen LogP contribution < -0.4 is 0 Å². The highest BCUT2D eigenvalue weighted by molar-refractivity contribution is 5.07. The SMILES string of the molecule is F[C@@H]1C2C[C@@H]3C[C@@H](C2)CC1(F)C3. The van der Waals surface area contributed by atoms with Gasteiger partial charge in [0.1, 0.15) is 11.8 Å². The van der Waals surface area contributed by atoms with Crippen molar-refractivity contribution in [2.45, 2.75) is 43.9 Å². The first-order chi connectivity index (χ1) is 5.67. The molecule has 0 N–H and O–H groups in total. The second-order valence-corrected chi connectivity index (χ2v) is 5.04. The first-order valence-corrected chi connectivity index (χ1v) is 5.00. The van der Waals surface area contributed by atoms with Crippen LogP contribution >= 0.6 is 0 Å². The summed E-state index contributed by atoms with van der Waals surface area (Å²) >= 11 is 0. The van der Waals surface area contributed by atoms with Crippen LogP contribution in [-0.4, -0.2) is 11.8 Å². The van der Waals surface area contributed by atoms with E-state index < -0.39 is 11.8 Å². The monoisotopic (exact) mass is 172 g/mol. The number of hydrogen-bond acceptors (Lipinski definition) is 0. The average molecular weight is 172 g/mol. The summed E-state index contributed by atoms with van der Waals surface area (Å²) in [6.07, 6.45) is 2.99. The fourth-order valence-corrected chi connectivity index (χ4v) is 3.88. The van der Waals surface area contributed by atoms with Crippen LogP contribution in [0.3, 0.4) is 0 Å². The highest BCUT2D eigenvalue weighted by Gasteiger charge is 2.58. The maximum atomic E-state index is 13.9. The van der Waals surface area contributed by atoms with Gasteiger partial charge in [-0.05, 0) is 49.9 Å². The Kier molecular flexibility index (Phi) is 1.23. The van der Waals surface area contributed by atoms with Gasteiger partial charge in [0.05, 0.1) is 0 Å². The molecule has 4 aliphatic rings. The molecule has 4 bridgehead atoms. The molecule has 4 fully saturated rings. The average Bonchev–Trinajstić information content (AvgIpc) is 1.98. The first-order valence-electron chi connectivity index (χ1n) is 5.00. The lowest BCUT2D eigenvalue weighted by Crippen LogP contribution is -2.56. The number of alkyl halides is 2. The fraction of sp³-hybridized carbons (Fsp3) is 1.00. The van der Waals surface area contributed by atoms with E-state index in [1.165, 1.54) is 6.42 Å². The van der Waals surface area contributed by atoms with Crippen molar-refractivity contribution in [1.29, 1.82) is 0 Å². The van der Waals surface area contributed by atoms with E-state index >= 15 is 0 Å². The van der Waals surface area contributed by atoms with E-state index in [2.05, 4.69) is 0 Å². The molecule has 4 aliphatic carbocycles. The van der Waals surface area contributed by atoms with Crippen LogP contribution in [0.4, 0.5) is 8.78 Å². The van der Waals surface area contributed by atoms with Gasteiger partial charge in [-0.3, -0.25) is 0 Å². The summed E-state index contributed by atoms with van der Waals surface area (Å²) in [4.78, 5) is 0. The molecule has 68 valence electrons. The predicted molar refractivity (Wildman–Crippen MR) is 42.3 cm³/mol. The van der Waals surface area contributed by atoms with Crippen LogP contribution in [-0.2, 0) is 0 Å². The Bertz CT molecular complexity index is 200. The largest absolute Gasteiger partial charge is 0.244 e. The van der Waals surface area contributed by atoms with Gasteiger partial charge in [-0.15, -0.1) is 0 Å². The van der Waals surface area contributed by atoms with Crippen LogP contribution in [0.25, 0.3) is 0 Å². The van der Waals surface area contributed by atoms with E-state index in [4.69, 9.17) is 0 Å². The number of hydrogen-bond donors (Lipinski definition) is 0. The smallest absolute Gasteiger partial charge is 0.142 e. The molecule has 0 radical (unpaired) electrons. The molecular weight excluding hydrogens is 158 g/mol. The van der Waals surface area contributed by atoms with E-state index in [0.29, 0.717) is 24.7 Å². The summed E-state index contributed by atoms with van der Waals surface area (Å²) < 4.78 is 27.4. The quantitative estimate of drug-likeness (QED) is 0.527. The molecule has 0 aliphatic heterocycles. The Hall–Kier alpha value is -0.140. The Morgan fingerprint density at radius 1 is 1.00 bits per heavy atom. The van der Waals surface area contributed by atoms with Crippen molar-refractivity contribution in [3.8, 4) is 0 Å². The van der Waals surface area contributed by atoms with Crippen LogP contribution in [0.15, 0.2) is 0 Å². The molecule has 0 aromatic carbocycles. The molecule has 4 rings (SSSR count). The van der Waals surface area contributed by atoms with Crippen molar-refractivity contribution in [2.75, 3.05) is 0 Å². The van der Waals surface area contributed by atoms with Crippen LogP contribution in [0.2, 0.25) is 0 Å². The summed E-state index contributed by atoms with van der Waals surface area (Å²) in [6, 6.07) is 0. The third-order valence-corrected chi connectivity index (χ3v) is 4.10. The first kappa shape index (κ1) is 7.28. The van der Waals surface area contributed by atoms with Crippen LogP contribution in [0.1, 0.15) is 32.1 Å². The molecule has 0 amide bonds. The van der Waals surface area contributed by atoms with Gasteiger partial charge in [-0.2, -0.15) is 0 Å². The van der Waals surface area contributed by atoms with E-state index in [-0.39, 0.29) is 5.92 Å². The van der Waals surface area contributed by atoms with Crippen molar-refractivity contribution in [3.05, 3.63) is 0 Å². The van der Waals surface area contributed by atoms with E-state index in [1.807, 2.05) is 0 Å². The topological polar surface area (TPSA) is 0 Å². The van der Waals surface area contributed by atoms with Gasteiger partial charge < -0.3 is 0 Å². The zero-order valence-corrected chi connectivity index (χ0v) is 7.10. The lowest BCUT2D eigenvalue weighted by atomic mass is 9.54. The summed E-state index contributed by atoms with van der Waals surface area (Å²) in [5.41, 5.74) is -1.41. The fourth-order valence-electron chi connectivity index (χ4n) is 3.88. The lowest BCUT2D eigenvalue weighted by Gasteiger charge is -2.54. The Labute approximate surface area is 71.3 Å². The highest BCUT2D eigenvalue weighted by Crippen LogP contribution is 2.58. The highest BCUT2D eigenvalue weighted by atomic mass is 19.2. The minimum atomic E-state index is -1.41. The molecule has 0 aromatic heterocycles. The normalized spacial score (nSPS) is 62.5. The van der Waals surface area contributed by atoms with E-state index in [1.54, 1.807) is 0 Å². The van der Waals surface area contributed by atoms with Gasteiger partial charge in [-0.1, -0.05) is 0 Å². The predicted octanol–water partition coefficient (Wildman–Crippen LogP) is 2.87. The molecule has 0 heterocycles. The van der Waals surface area contributed by atoms with Gasteiger partial charge in [0.2, 0.25) is 0 Å². The summed E-state index contributed by atoms with van der Waals surface area (Å²) in [5, 5.41) is 0. The molecular formula is C10H14F2. The number of rotatable bonds is 0. The molecule has 0 nitrogen and oxygen atoms in total. The Morgan fingerprint density at radius 3 is 2.08 bits per heavy atom. The van der Waals surface area contributed by atoms with Crippen molar-refractivity contribution in [1.82, 2.24) is 0 Å². The third-order valence-electron chi connectivity index (χ3n) is 4.10. The molecule has 3 atom stereocenters. The number of halogens is 2. The Morgan fingerprint density at radius 2 is 1.58 bits per heavy atom. The zero-order valence-electron chi connectivity index (χ0n) is 7.10. The van der Waals surface area contributed by atoms with Gasteiger partial charge in [0.25, 0.3) is 0 Å². The van der Waals surface area contributed by atoms with E-state index in [0.717, 1.165) is 12.8 Å². The van der Waals surface area contributed by atoms with Crippen molar-refractivity contribution < 1.29 is 8.78 Å². The molecule has 2 heteroatoms. The van der Waals surface area contributed by atoms with Crippen molar-refractivity contribution >= 4 is 0 Å². The third kappa shape index (κ3) is 0.763. The van der Waals surface area contributed by atoms with Gasteiger partial charge in [0.15, 0.2) is 0 Å². The standard InChI is InChI=1S/C10H14F2/c11-9-8-2-6-1-7(3-8)5-10(9,12)4-6/h6-9H,1-5H2/t6-,7-,8?,9+,10?/m0/s1. The Balaban J connectivity index is 1.97. The maximum Gasteiger partial charge on any atom is 0.142 e. The van der Waals surface area contributed by atoms with E-state index in [9.17, 15) is 8.78 Å². The van der Waals surface area contributed by atoms with Crippen molar-refractivity contribution in [2.24, 2.45) is 17.8 Å². The van der Waals surface area contributed by atoms with Gasteiger partial charge in [0, 0.05) is 0 Å². The molecule has 0 aromatic rings. The summed E-state index contributed by atoms with van der Waals surface area (Å²) in [5.74, 6) is 1.10. The molecule has 0 spiro atoms. The van der Waals surface area contributed by atoms with Gasteiger partial charge >= 0.3 is 0 Å². The second-order valence-electron chi connectivity index (χ2n) is 5.04. The minimum absolute atomic E-state index is 0.0706. The molecule has 12 heavy (non-hydrogen) atoms. The lowest BCUT2D eigenvalue weighted by molar-refractivity contribution is -0.134. The summed E-state index contributed by atoms with van der Waals surface area (Å²) in [7, 11) is 0. The van der Waals surface area contributed by atoms with Crippen LogP contribution in [0, 0.1) is 17.8 Å². The minimum Gasteiger partial charge on any atom is -0.244 e. The molecule has 4 saturated carbocycles. The van der Waals surface area contributed by atoms with Gasteiger partial charge in [-0.25, -0.2) is 8.78 Å². The van der Waals surface area contributed by atoms with Crippen molar-refractivity contribution in [3.63, 3.8) is 0 Å². The van der Waals surface area contributed by atoms with Crippen LogP contribution in [0.5, 0.6) is 0 Å². The summed E-state index contributed by atoms with van der Waals surface area (Å²) in [6.45, 7) is 0.